The fourth-order valence-electron chi connectivity index (χ4n) is 1.62. The second-order valence-corrected chi connectivity index (χ2v) is 4.07. The van der Waals surface area contributed by atoms with E-state index in [4.69, 9.17) is 12.2 Å². The van der Waals surface area contributed by atoms with Gasteiger partial charge in [0.15, 0.2) is 4.77 Å². The number of rotatable bonds is 3. The molecule has 0 aliphatic heterocycles. The van der Waals surface area contributed by atoms with Gasteiger partial charge in [0.25, 0.3) is 0 Å². The number of nitrogens with one attached hydrogen (secondary N) is 1. The highest BCUT2D eigenvalue weighted by Crippen LogP contribution is 2.09. The topological polar surface area (TPSA) is 46.5 Å². The zero-order chi connectivity index (χ0) is 11.5. The van der Waals surface area contributed by atoms with Gasteiger partial charge in [-0.25, -0.2) is 0 Å². The summed E-state index contributed by atoms with van der Waals surface area (Å²) in [4.78, 5) is 4.13. The molecule has 84 valence electrons. The van der Waals surface area contributed by atoms with Crippen LogP contribution in [0.15, 0.2) is 18.5 Å². The van der Waals surface area contributed by atoms with Crippen molar-refractivity contribution in [2.75, 3.05) is 0 Å². The largest absolute Gasteiger partial charge is 0.300 e. The normalized spacial score (nSPS) is 10.6. The Morgan fingerprint density at radius 3 is 3.00 bits per heavy atom. The van der Waals surface area contributed by atoms with E-state index in [0.29, 0.717) is 4.77 Å². The molecule has 2 aromatic rings. The van der Waals surface area contributed by atoms with Gasteiger partial charge in [-0.05, 0) is 36.3 Å². The summed E-state index contributed by atoms with van der Waals surface area (Å²) in [6.07, 6.45) is 4.55. The summed E-state index contributed by atoms with van der Waals surface area (Å²) in [5.74, 6) is 0.980. The second-order valence-electron chi connectivity index (χ2n) is 3.69. The van der Waals surface area contributed by atoms with Gasteiger partial charge in [-0.3, -0.25) is 14.6 Å². The monoisotopic (exact) mass is 234 g/mol. The van der Waals surface area contributed by atoms with Crippen LogP contribution in [-0.4, -0.2) is 19.7 Å². The van der Waals surface area contributed by atoms with Crippen molar-refractivity contribution < 1.29 is 0 Å². The Kier molecular flexibility index (Phi) is 3.14. The van der Waals surface area contributed by atoms with E-state index >= 15 is 0 Å². The molecule has 2 aromatic heterocycles. The summed E-state index contributed by atoms with van der Waals surface area (Å²) in [6, 6.07) is 2.00. The van der Waals surface area contributed by atoms with E-state index in [2.05, 4.69) is 29.0 Å². The van der Waals surface area contributed by atoms with Crippen molar-refractivity contribution >= 4 is 12.2 Å². The van der Waals surface area contributed by atoms with Gasteiger partial charge in [-0.2, -0.15) is 5.10 Å². The Morgan fingerprint density at radius 1 is 1.50 bits per heavy atom. The predicted octanol–water partition coefficient (Wildman–Crippen LogP) is 2.25. The van der Waals surface area contributed by atoms with Gasteiger partial charge >= 0.3 is 0 Å². The number of nitrogens with zero attached hydrogens (tertiary/aromatic N) is 3. The van der Waals surface area contributed by atoms with Crippen LogP contribution >= 0.6 is 12.2 Å². The standard InChI is InChI=1S/C11H14N4S/c1-3-10-13-14-11(16)15(10)7-9-6-12-5-4-8(9)2/h4-6H,3,7H2,1-2H3,(H,14,16). The van der Waals surface area contributed by atoms with Crippen LogP contribution in [0.5, 0.6) is 0 Å². The van der Waals surface area contributed by atoms with Crippen molar-refractivity contribution in [3.8, 4) is 0 Å². The van der Waals surface area contributed by atoms with Crippen molar-refractivity contribution in [1.29, 1.82) is 0 Å². The first-order valence-corrected chi connectivity index (χ1v) is 5.66. The van der Waals surface area contributed by atoms with E-state index in [1.54, 1.807) is 6.20 Å². The zero-order valence-electron chi connectivity index (χ0n) is 9.40. The molecular formula is C11H14N4S. The van der Waals surface area contributed by atoms with Crippen LogP contribution in [0.4, 0.5) is 0 Å². The van der Waals surface area contributed by atoms with E-state index < -0.39 is 0 Å². The van der Waals surface area contributed by atoms with Gasteiger partial charge in [0.2, 0.25) is 0 Å². The predicted molar refractivity (Wildman–Crippen MR) is 64.9 cm³/mol. The van der Waals surface area contributed by atoms with Crippen LogP contribution in [0.25, 0.3) is 0 Å². The quantitative estimate of drug-likeness (QED) is 0.829. The second kappa shape index (κ2) is 4.57. The molecule has 2 heterocycles. The summed E-state index contributed by atoms with van der Waals surface area (Å²) < 4.78 is 2.68. The van der Waals surface area contributed by atoms with Gasteiger partial charge < -0.3 is 0 Å². The van der Waals surface area contributed by atoms with E-state index in [1.807, 2.05) is 16.8 Å². The maximum absolute atomic E-state index is 5.21. The first-order chi connectivity index (χ1) is 7.72. The van der Waals surface area contributed by atoms with Crippen LogP contribution in [0, 0.1) is 11.7 Å². The third kappa shape index (κ3) is 2.04. The van der Waals surface area contributed by atoms with Crippen LogP contribution in [0.3, 0.4) is 0 Å². The minimum absolute atomic E-state index is 0.667. The summed E-state index contributed by atoms with van der Waals surface area (Å²) in [5.41, 5.74) is 2.40. The van der Waals surface area contributed by atoms with Gasteiger partial charge in [-0.15, -0.1) is 0 Å². The van der Waals surface area contributed by atoms with Gasteiger partial charge in [0.1, 0.15) is 5.82 Å². The average Bonchev–Trinajstić information content (AvgIpc) is 2.63. The van der Waals surface area contributed by atoms with Crippen molar-refractivity contribution in [1.82, 2.24) is 19.7 Å². The first-order valence-electron chi connectivity index (χ1n) is 5.26. The molecule has 2 rings (SSSR count). The SMILES string of the molecule is CCc1n[nH]c(=S)n1Cc1cnccc1C. The Bertz CT molecular complexity index is 541. The molecule has 0 amide bonds. The number of aromatic nitrogens is 4. The molecule has 0 unspecified atom stereocenters. The molecule has 0 aliphatic carbocycles. The molecule has 1 N–H and O–H groups in total. The van der Waals surface area contributed by atoms with Gasteiger partial charge in [-0.1, -0.05) is 6.92 Å². The zero-order valence-corrected chi connectivity index (χ0v) is 10.2. The van der Waals surface area contributed by atoms with Crippen LogP contribution in [0.1, 0.15) is 23.9 Å². The Labute approximate surface area is 99.4 Å². The van der Waals surface area contributed by atoms with Crippen LogP contribution in [0.2, 0.25) is 0 Å². The highest BCUT2D eigenvalue weighted by Gasteiger charge is 2.06. The molecule has 0 radical (unpaired) electrons. The Morgan fingerprint density at radius 2 is 2.31 bits per heavy atom. The van der Waals surface area contributed by atoms with Crippen molar-refractivity contribution in [3.05, 3.63) is 40.2 Å². The molecule has 0 atom stereocenters. The van der Waals surface area contributed by atoms with Crippen molar-refractivity contribution in [3.63, 3.8) is 0 Å². The van der Waals surface area contributed by atoms with Crippen molar-refractivity contribution in [2.24, 2.45) is 0 Å². The lowest BCUT2D eigenvalue weighted by Crippen LogP contribution is -2.06. The van der Waals surface area contributed by atoms with Gasteiger partial charge in [0.05, 0.1) is 6.54 Å². The molecular weight excluding hydrogens is 220 g/mol. The van der Waals surface area contributed by atoms with Crippen LogP contribution in [-0.2, 0) is 13.0 Å². The first kappa shape index (κ1) is 11.0. The number of H-pyrrole nitrogens is 1. The minimum Gasteiger partial charge on any atom is -0.300 e. The molecule has 0 saturated heterocycles. The Balaban J connectivity index is 2.37. The lowest BCUT2D eigenvalue weighted by molar-refractivity contribution is 0.718. The number of pyridine rings is 1. The highest BCUT2D eigenvalue weighted by molar-refractivity contribution is 7.71. The summed E-state index contributed by atoms with van der Waals surface area (Å²) in [6.45, 7) is 4.88. The van der Waals surface area contributed by atoms with Crippen molar-refractivity contribution in [2.45, 2.75) is 26.8 Å². The average molecular weight is 234 g/mol. The summed E-state index contributed by atoms with van der Waals surface area (Å²) in [7, 11) is 0. The third-order valence-corrected chi connectivity index (χ3v) is 2.94. The molecule has 0 saturated carbocycles. The van der Waals surface area contributed by atoms with Crippen LogP contribution < -0.4 is 0 Å². The van der Waals surface area contributed by atoms with E-state index in [1.165, 1.54) is 11.1 Å². The fourth-order valence-corrected chi connectivity index (χ4v) is 1.83. The maximum Gasteiger partial charge on any atom is 0.195 e. The molecule has 16 heavy (non-hydrogen) atoms. The molecule has 4 nitrogen and oxygen atoms in total. The number of hydrogen-bond acceptors (Lipinski definition) is 3. The van der Waals surface area contributed by atoms with E-state index in [-0.39, 0.29) is 0 Å². The summed E-state index contributed by atoms with van der Waals surface area (Å²) >= 11 is 5.21. The third-order valence-electron chi connectivity index (χ3n) is 2.63. The fraction of sp³-hybridized carbons (Fsp3) is 0.364. The maximum atomic E-state index is 5.21. The summed E-state index contributed by atoms with van der Waals surface area (Å²) in [5, 5.41) is 7.01. The van der Waals surface area contributed by atoms with Gasteiger partial charge in [0, 0.05) is 18.8 Å². The molecule has 0 bridgehead atoms. The van der Waals surface area contributed by atoms with E-state index in [9.17, 15) is 0 Å². The molecule has 0 aliphatic rings. The molecule has 5 heteroatoms. The smallest absolute Gasteiger partial charge is 0.195 e. The Hall–Kier alpha value is -1.49. The molecule has 0 aromatic carbocycles. The van der Waals surface area contributed by atoms with E-state index in [0.717, 1.165) is 18.8 Å². The lowest BCUT2D eigenvalue weighted by Gasteiger charge is -2.07. The number of aromatic amines is 1. The number of aryl methyl sites for hydroxylation is 2. The molecule has 0 fully saturated rings. The minimum atomic E-state index is 0.667. The lowest BCUT2D eigenvalue weighted by atomic mass is 10.1. The molecule has 0 spiro atoms. The highest BCUT2D eigenvalue weighted by atomic mass is 32.1. The number of hydrogen-bond donors (Lipinski definition) is 1.